The monoisotopic (exact) mass is 391 g/mol. The van der Waals surface area contributed by atoms with Crippen LogP contribution in [0.15, 0.2) is 78.9 Å². The molecule has 0 aliphatic carbocycles. The van der Waals surface area contributed by atoms with Crippen molar-refractivity contribution in [1.29, 1.82) is 0 Å². The second-order valence-corrected chi connectivity index (χ2v) is 7.23. The summed E-state index contributed by atoms with van der Waals surface area (Å²) in [5.41, 5.74) is 3.46. The Morgan fingerprint density at radius 1 is 0.828 bits per heavy atom. The zero-order valence-corrected chi connectivity index (χ0v) is 17.1. The summed E-state index contributed by atoms with van der Waals surface area (Å²) in [7, 11) is 1.67. The smallest absolute Gasteiger partial charge is 0.122 e. The minimum atomic E-state index is -0.587. The lowest BCUT2D eigenvalue weighted by molar-refractivity contribution is 0.0626. The van der Waals surface area contributed by atoms with Crippen LogP contribution in [0.5, 0.6) is 11.5 Å². The molecule has 0 radical (unpaired) electrons. The summed E-state index contributed by atoms with van der Waals surface area (Å²) >= 11 is 0. The number of benzene rings is 3. The number of methoxy groups -OCH3 is 1. The van der Waals surface area contributed by atoms with Crippen LogP contribution >= 0.6 is 0 Å². The Kier molecular flexibility index (Phi) is 7.68. The highest BCUT2D eigenvalue weighted by Gasteiger charge is 2.14. The van der Waals surface area contributed by atoms with E-state index in [9.17, 15) is 5.11 Å². The maximum absolute atomic E-state index is 10.6. The van der Waals surface area contributed by atoms with Crippen LogP contribution in [0.3, 0.4) is 0 Å². The van der Waals surface area contributed by atoms with Gasteiger partial charge in [0.25, 0.3) is 0 Å². The van der Waals surface area contributed by atoms with E-state index in [-0.39, 0.29) is 6.61 Å². The van der Waals surface area contributed by atoms with Crippen molar-refractivity contribution in [3.8, 4) is 11.5 Å². The minimum Gasteiger partial charge on any atom is -0.497 e. The van der Waals surface area contributed by atoms with Crippen LogP contribution in [0.2, 0.25) is 0 Å². The molecule has 1 N–H and O–H groups in total. The molecule has 0 bridgehead atoms. The Morgan fingerprint density at radius 3 is 2.10 bits per heavy atom. The maximum Gasteiger partial charge on any atom is 0.122 e. The predicted molar refractivity (Wildman–Crippen MR) is 116 cm³/mol. The van der Waals surface area contributed by atoms with E-state index in [4.69, 9.17) is 9.47 Å². The Bertz CT molecular complexity index is 865. The van der Waals surface area contributed by atoms with E-state index in [1.54, 1.807) is 7.11 Å². The average molecular weight is 392 g/mol. The zero-order chi connectivity index (χ0) is 20.5. The van der Waals surface area contributed by atoms with Crippen molar-refractivity contribution in [2.75, 3.05) is 20.3 Å². The molecule has 0 aliphatic rings. The predicted octanol–water partition coefficient (Wildman–Crippen LogP) is 4.45. The molecule has 0 spiro atoms. The largest absolute Gasteiger partial charge is 0.497 e. The minimum absolute atomic E-state index is 0.263. The molecule has 0 unspecified atom stereocenters. The number of para-hydroxylation sites is 1. The molecule has 0 amide bonds. The first kappa shape index (κ1) is 20.9. The third-order valence-electron chi connectivity index (χ3n) is 4.81. The van der Waals surface area contributed by atoms with Crippen LogP contribution in [0.4, 0.5) is 0 Å². The number of hydrogen-bond donors (Lipinski definition) is 1. The van der Waals surface area contributed by atoms with Crippen LogP contribution in [0.25, 0.3) is 0 Å². The summed E-state index contributed by atoms with van der Waals surface area (Å²) < 4.78 is 11.1. The molecular formula is C25H29NO3. The van der Waals surface area contributed by atoms with Crippen LogP contribution in [0, 0.1) is 6.92 Å². The maximum atomic E-state index is 10.6. The van der Waals surface area contributed by atoms with Gasteiger partial charge in [0.1, 0.15) is 24.2 Å². The van der Waals surface area contributed by atoms with Crippen molar-refractivity contribution in [3.63, 3.8) is 0 Å². The first-order chi connectivity index (χ1) is 14.1. The Morgan fingerprint density at radius 2 is 1.45 bits per heavy atom. The van der Waals surface area contributed by atoms with Gasteiger partial charge < -0.3 is 14.6 Å². The molecule has 0 saturated heterocycles. The summed E-state index contributed by atoms with van der Waals surface area (Å²) in [4.78, 5) is 2.24. The number of ether oxygens (including phenoxy) is 2. The van der Waals surface area contributed by atoms with Crippen molar-refractivity contribution in [2.24, 2.45) is 0 Å². The van der Waals surface area contributed by atoms with E-state index in [1.807, 2.05) is 61.5 Å². The fraction of sp³-hybridized carbons (Fsp3) is 0.280. The third-order valence-corrected chi connectivity index (χ3v) is 4.81. The molecule has 4 nitrogen and oxygen atoms in total. The number of aliphatic hydroxyl groups is 1. The van der Waals surface area contributed by atoms with Gasteiger partial charge >= 0.3 is 0 Å². The van der Waals surface area contributed by atoms with Gasteiger partial charge in [-0.05, 0) is 41.8 Å². The van der Waals surface area contributed by atoms with Crippen molar-refractivity contribution in [3.05, 3.63) is 95.6 Å². The summed E-state index contributed by atoms with van der Waals surface area (Å²) in [6.07, 6.45) is -0.587. The van der Waals surface area contributed by atoms with Gasteiger partial charge in [-0.1, -0.05) is 60.7 Å². The summed E-state index contributed by atoms with van der Waals surface area (Å²) in [6, 6.07) is 26.2. The van der Waals surface area contributed by atoms with Gasteiger partial charge in [-0.25, -0.2) is 0 Å². The van der Waals surface area contributed by atoms with E-state index < -0.39 is 6.10 Å². The van der Waals surface area contributed by atoms with E-state index in [0.29, 0.717) is 6.54 Å². The quantitative estimate of drug-likeness (QED) is 0.555. The molecule has 0 fully saturated rings. The molecule has 0 saturated carbocycles. The molecule has 3 aromatic carbocycles. The lowest BCUT2D eigenvalue weighted by atomic mass is 10.1. The van der Waals surface area contributed by atoms with E-state index in [0.717, 1.165) is 30.2 Å². The summed E-state index contributed by atoms with van der Waals surface area (Å²) in [5, 5.41) is 10.6. The normalized spacial score (nSPS) is 12.0. The fourth-order valence-corrected chi connectivity index (χ4v) is 3.27. The van der Waals surface area contributed by atoms with Gasteiger partial charge in [0.05, 0.1) is 7.11 Å². The lowest BCUT2D eigenvalue weighted by Gasteiger charge is -2.25. The summed E-state index contributed by atoms with van der Waals surface area (Å²) in [6.45, 7) is 4.28. The number of aryl methyl sites for hydroxylation is 1. The van der Waals surface area contributed by atoms with E-state index in [1.165, 1.54) is 11.1 Å². The lowest BCUT2D eigenvalue weighted by Crippen LogP contribution is -2.35. The van der Waals surface area contributed by atoms with Gasteiger partial charge in [-0.3, -0.25) is 4.90 Å². The SMILES string of the molecule is COc1ccc(CN(Cc2ccccc2)C[C@H](O)COc2ccccc2C)cc1. The number of nitrogens with zero attached hydrogens (tertiary/aromatic N) is 1. The molecular weight excluding hydrogens is 362 g/mol. The van der Waals surface area contributed by atoms with Gasteiger partial charge in [0.15, 0.2) is 0 Å². The molecule has 0 aromatic heterocycles. The van der Waals surface area contributed by atoms with Crippen molar-refractivity contribution >= 4 is 0 Å². The number of hydrogen-bond acceptors (Lipinski definition) is 4. The summed E-state index contributed by atoms with van der Waals surface area (Å²) in [5.74, 6) is 1.66. The first-order valence-corrected chi connectivity index (χ1v) is 9.90. The van der Waals surface area contributed by atoms with Crippen molar-refractivity contribution < 1.29 is 14.6 Å². The van der Waals surface area contributed by atoms with Gasteiger partial charge in [-0.15, -0.1) is 0 Å². The van der Waals surface area contributed by atoms with Gasteiger partial charge in [0.2, 0.25) is 0 Å². The molecule has 1 atom stereocenters. The number of aliphatic hydroxyl groups excluding tert-OH is 1. The van der Waals surface area contributed by atoms with Crippen molar-refractivity contribution in [2.45, 2.75) is 26.1 Å². The second-order valence-electron chi connectivity index (χ2n) is 7.23. The first-order valence-electron chi connectivity index (χ1n) is 9.90. The van der Waals surface area contributed by atoms with Crippen LogP contribution in [-0.4, -0.2) is 36.4 Å². The van der Waals surface area contributed by atoms with Crippen molar-refractivity contribution in [1.82, 2.24) is 4.90 Å². The Labute approximate surface area is 173 Å². The Balaban J connectivity index is 1.63. The Hall–Kier alpha value is -2.82. The van der Waals surface area contributed by atoms with E-state index in [2.05, 4.69) is 29.2 Å². The van der Waals surface area contributed by atoms with Gasteiger partial charge in [0, 0.05) is 19.6 Å². The topological polar surface area (TPSA) is 41.9 Å². The van der Waals surface area contributed by atoms with Crippen LogP contribution in [0.1, 0.15) is 16.7 Å². The molecule has 3 aromatic rings. The highest BCUT2D eigenvalue weighted by atomic mass is 16.5. The van der Waals surface area contributed by atoms with Crippen LogP contribution in [-0.2, 0) is 13.1 Å². The number of rotatable bonds is 10. The fourth-order valence-electron chi connectivity index (χ4n) is 3.27. The molecule has 152 valence electrons. The molecule has 4 heteroatoms. The highest BCUT2D eigenvalue weighted by Crippen LogP contribution is 2.18. The molecule has 29 heavy (non-hydrogen) atoms. The molecule has 3 rings (SSSR count). The highest BCUT2D eigenvalue weighted by molar-refractivity contribution is 5.31. The second kappa shape index (κ2) is 10.6. The van der Waals surface area contributed by atoms with Gasteiger partial charge in [-0.2, -0.15) is 0 Å². The zero-order valence-electron chi connectivity index (χ0n) is 17.1. The standard InChI is InChI=1S/C25H29NO3/c1-20-8-6-7-11-25(20)29-19-23(27)18-26(16-21-9-4-3-5-10-21)17-22-12-14-24(28-2)15-13-22/h3-15,23,27H,16-19H2,1-2H3/t23-/m0/s1. The third kappa shape index (κ3) is 6.63. The van der Waals surface area contributed by atoms with E-state index >= 15 is 0 Å². The molecule has 0 heterocycles. The van der Waals surface area contributed by atoms with Crippen LogP contribution < -0.4 is 9.47 Å². The molecule has 0 aliphatic heterocycles. The average Bonchev–Trinajstić information content (AvgIpc) is 2.74.